The number of nitrogens with zero attached hydrogens (tertiary/aromatic N) is 2. The molecule has 0 unspecified atom stereocenters. The Labute approximate surface area is 98.5 Å². The Morgan fingerprint density at radius 3 is 2.75 bits per heavy atom. The minimum atomic E-state index is -0.622. The molecule has 1 aromatic rings. The van der Waals surface area contributed by atoms with Crippen LogP contribution in [0, 0.1) is 0 Å². The van der Waals surface area contributed by atoms with Crippen molar-refractivity contribution in [3.63, 3.8) is 0 Å². The van der Waals surface area contributed by atoms with Gasteiger partial charge in [-0.25, -0.2) is 4.98 Å². The van der Waals surface area contributed by atoms with E-state index in [0.717, 1.165) is 37.0 Å². The molecular formula is C11H17N3OS. The Kier molecular flexibility index (Phi) is 3.90. The van der Waals surface area contributed by atoms with E-state index in [1.807, 2.05) is 19.3 Å². The average molecular weight is 239 g/mol. The molecule has 1 aliphatic rings. The van der Waals surface area contributed by atoms with Crippen LogP contribution in [-0.4, -0.2) is 40.8 Å². The Balaban J connectivity index is 2.01. The molecule has 0 atom stereocenters. The number of pyridine rings is 1. The second-order valence-electron chi connectivity index (χ2n) is 3.89. The van der Waals surface area contributed by atoms with Gasteiger partial charge in [0.2, 0.25) is 0 Å². The highest BCUT2D eigenvalue weighted by Crippen LogP contribution is 2.13. The van der Waals surface area contributed by atoms with Crippen molar-refractivity contribution in [3.05, 3.63) is 23.9 Å². The SMILES string of the molecule is CNCc1ccc(N2CCS(=O)CC2)nc1. The summed E-state index contributed by atoms with van der Waals surface area (Å²) in [6.07, 6.45) is 1.90. The minimum Gasteiger partial charge on any atom is -0.355 e. The zero-order valence-corrected chi connectivity index (χ0v) is 10.3. The van der Waals surface area contributed by atoms with Crippen LogP contribution < -0.4 is 10.2 Å². The predicted molar refractivity (Wildman–Crippen MR) is 67.1 cm³/mol. The molecule has 0 saturated carbocycles. The van der Waals surface area contributed by atoms with Crippen molar-refractivity contribution in [1.82, 2.24) is 10.3 Å². The van der Waals surface area contributed by atoms with E-state index in [4.69, 9.17) is 0 Å². The van der Waals surface area contributed by atoms with Crippen LogP contribution in [0.15, 0.2) is 18.3 Å². The van der Waals surface area contributed by atoms with Crippen molar-refractivity contribution >= 4 is 16.6 Å². The largest absolute Gasteiger partial charge is 0.355 e. The summed E-state index contributed by atoms with van der Waals surface area (Å²) in [6, 6.07) is 4.13. The molecule has 1 aromatic heterocycles. The predicted octanol–water partition coefficient (Wildman–Crippen LogP) is 0.370. The molecule has 1 aliphatic heterocycles. The van der Waals surface area contributed by atoms with Crippen LogP contribution in [0.3, 0.4) is 0 Å². The average Bonchev–Trinajstić information content (AvgIpc) is 2.32. The van der Waals surface area contributed by atoms with E-state index in [9.17, 15) is 4.21 Å². The first-order valence-electron chi connectivity index (χ1n) is 5.49. The van der Waals surface area contributed by atoms with E-state index in [-0.39, 0.29) is 0 Å². The van der Waals surface area contributed by atoms with Crippen molar-refractivity contribution in [3.8, 4) is 0 Å². The van der Waals surface area contributed by atoms with Gasteiger partial charge >= 0.3 is 0 Å². The summed E-state index contributed by atoms with van der Waals surface area (Å²) in [5, 5.41) is 3.09. The van der Waals surface area contributed by atoms with Crippen LogP contribution in [0.1, 0.15) is 5.56 Å². The maximum Gasteiger partial charge on any atom is 0.128 e. The lowest BCUT2D eigenvalue weighted by Crippen LogP contribution is -2.38. The molecule has 2 heterocycles. The van der Waals surface area contributed by atoms with Crippen LogP contribution in [0.25, 0.3) is 0 Å². The van der Waals surface area contributed by atoms with Gasteiger partial charge in [0, 0.05) is 48.1 Å². The van der Waals surface area contributed by atoms with Crippen LogP contribution in [0.5, 0.6) is 0 Å². The minimum absolute atomic E-state index is 0.622. The number of hydrogen-bond donors (Lipinski definition) is 1. The van der Waals surface area contributed by atoms with E-state index in [1.54, 1.807) is 0 Å². The first-order valence-corrected chi connectivity index (χ1v) is 6.98. The van der Waals surface area contributed by atoms with Crippen LogP contribution in [0.2, 0.25) is 0 Å². The standard InChI is InChI=1S/C11H17N3OS/c1-12-8-10-2-3-11(13-9-10)14-4-6-16(15)7-5-14/h2-3,9,12H,4-8H2,1H3. The van der Waals surface area contributed by atoms with E-state index in [2.05, 4.69) is 21.3 Å². The molecule has 1 saturated heterocycles. The molecule has 0 spiro atoms. The van der Waals surface area contributed by atoms with Gasteiger partial charge in [0.15, 0.2) is 0 Å². The second kappa shape index (κ2) is 5.41. The summed E-state index contributed by atoms with van der Waals surface area (Å²) in [4.78, 5) is 6.63. The molecule has 0 radical (unpaired) electrons. The van der Waals surface area contributed by atoms with Crippen molar-refractivity contribution < 1.29 is 4.21 Å². The maximum atomic E-state index is 11.2. The number of anilines is 1. The first kappa shape index (κ1) is 11.5. The molecule has 1 N–H and O–H groups in total. The van der Waals surface area contributed by atoms with Gasteiger partial charge in [0.1, 0.15) is 5.82 Å². The van der Waals surface area contributed by atoms with E-state index in [1.165, 1.54) is 5.56 Å². The Morgan fingerprint density at radius 2 is 2.19 bits per heavy atom. The van der Waals surface area contributed by atoms with E-state index in [0.29, 0.717) is 0 Å². The summed E-state index contributed by atoms with van der Waals surface area (Å²) >= 11 is 0. The van der Waals surface area contributed by atoms with Gasteiger partial charge in [0.05, 0.1) is 0 Å². The summed E-state index contributed by atoms with van der Waals surface area (Å²) in [5.41, 5.74) is 1.19. The highest BCUT2D eigenvalue weighted by atomic mass is 32.2. The fourth-order valence-corrected chi connectivity index (χ4v) is 2.83. The second-order valence-corrected chi connectivity index (χ2v) is 5.59. The third kappa shape index (κ3) is 2.80. The zero-order valence-electron chi connectivity index (χ0n) is 9.48. The Morgan fingerprint density at radius 1 is 1.44 bits per heavy atom. The van der Waals surface area contributed by atoms with Gasteiger partial charge in [-0.1, -0.05) is 6.07 Å². The van der Waals surface area contributed by atoms with Gasteiger partial charge < -0.3 is 10.2 Å². The van der Waals surface area contributed by atoms with Crippen molar-refractivity contribution in [2.45, 2.75) is 6.54 Å². The number of nitrogens with one attached hydrogen (secondary N) is 1. The maximum absolute atomic E-state index is 11.2. The van der Waals surface area contributed by atoms with Crippen LogP contribution >= 0.6 is 0 Å². The molecule has 16 heavy (non-hydrogen) atoms. The lowest BCUT2D eigenvalue weighted by Gasteiger charge is -2.27. The quantitative estimate of drug-likeness (QED) is 0.828. The fourth-order valence-electron chi connectivity index (χ4n) is 1.78. The molecule has 4 nitrogen and oxygen atoms in total. The van der Waals surface area contributed by atoms with Crippen molar-refractivity contribution in [1.29, 1.82) is 0 Å². The highest BCUT2D eigenvalue weighted by molar-refractivity contribution is 7.85. The van der Waals surface area contributed by atoms with Gasteiger partial charge in [-0.05, 0) is 18.7 Å². The summed E-state index contributed by atoms with van der Waals surface area (Å²) in [5.74, 6) is 2.52. The molecule has 0 aromatic carbocycles. The van der Waals surface area contributed by atoms with Gasteiger partial charge in [-0.2, -0.15) is 0 Å². The summed E-state index contributed by atoms with van der Waals surface area (Å²) < 4.78 is 11.2. The normalized spacial score (nSPS) is 17.7. The number of rotatable bonds is 3. The molecular weight excluding hydrogens is 222 g/mol. The van der Waals surface area contributed by atoms with E-state index >= 15 is 0 Å². The van der Waals surface area contributed by atoms with Gasteiger partial charge in [-0.3, -0.25) is 4.21 Å². The number of aromatic nitrogens is 1. The Hall–Kier alpha value is -0.940. The van der Waals surface area contributed by atoms with Crippen molar-refractivity contribution in [2.75, 3.05) is 36.5 Å². The summed E-state index contributed by atoms with van der Waals surface area (Å²) in [6.45, 7) is 2.55. The molecule has 88 valence electrons. The molecule has 1 fully saturated rings. The molecule has 0 aliphatic carbocycles. The topological polar surface area (TPSA) is 45.2 Å². The Bertz CT molecular complexity index is 356. The third-order valence-electron chi connectivity index (χ3n) is 2.69. The monoisotopic (exact) mass is 239 g/mol. The van der Waals surface area contributed by atoms with Crippen LogP contribution in [-0.2, 0) is 17.3 Å². The zero-order chi connectivity index (χ0) is 11.4. The highest BCUT2D eigenvalue weighted by Gasteiger charge is 2.15. The summed E-state index contributed by atoms with van der Waals surface area (Å²) in [7, 11) is 1.30. The van der Waals surface area contributed by atoms with Crippen LogP contribution in [0.4, 0.5) is 5.82 Å². The van der Waals surface area contributed by atoms with Crippen molar-refractivity contribution in [2.24, 2.45) is 0 Å². The lowest BCUT2D eigenvalue weighted by atomic mass is 10.3. The fraction of sp³-hybridized carbons (Fsp3) is 0.545. The molecule has 5 heteroatoms. The van der Waals surface area contributed by atoms with E-state index < -0.39 is 10.8 Å². The smallest absolute Gasteiger partial charge is 0.128 e. The molecule has 2 rings (SSSR count). The molecule has 0 bridgehead atoms. The molecule has 0 amide bonds. The first-order chi connectivity index (χ1) is 7.79. The lowest BCUT2D eigenvalue weighted by molar-refractivity contribution is 0.672. The van der Waals surface area contributed by atoms with Gasteiger partial charge in [0.25, 0.3) is 0 Å². The third-order valence-corrected chi connectivity index (χ3v) is 3.97. The van der Waals surface area contributed by atoms with Gasteiger partial charge in [-0.15, -0.1) is 0 Å². The number of hydrogen-bond acceptors (Lipinski definition) is 4.